The molecule has 3 N–H and O–H groups in total. The summed E-state index contributed by atoms with van der Waals surface area (Å²) in [6.07, 6.45) is 1.71. The molecule has 0 saturated carbocycles. The minimum Gasteiger partial charge on any atom is -0.271 e. The fourth-order valence-electron chi connectivity index (χ4n) is 2.49. The van der Waals surface area contributed by atoms with E-state index in [0.29, 0.717) is 0 Å². The van der Waals surface area contributed by atoms with Gasteiger partial charge in [0.2, 0.25) is 0 Å². The van der Waals surface area contributed by atoms with Crippen molar-refractivity contribution in [3.63, 3.8) is 0 Å². The Morgan fingerprint density at radius 3 is 2.38 bits per heavy atom. The van der Waals surface area contributed by atoms with Crippen LogP contribution in [0.5, 0.6) is 0 Å². The zero-order chi connectivity index (χ0) is 15.4. The summed E-state index contributed by atoms with van der Waals surface area (Å²) < 4.78 is 0. The van der Waals surface area contributed by atoms with Gasteiger partial charge in [-0.25, -0.2) is 0 Å². The summed E-state index contributed by atoms with van der Waals surface area (Å²) in [6.45, 7) is 6.31. The van der Waals surface area contributed by atoms with Crippen LogP contribution < -0.4 is 11.3 Å². The second-order valence-electron chi connectivity index (χ2n) is 5.79. The van der Waals surface area contributed by atoms with Crippen molar-refractivity contribution in [3.8, 4) is 0 Å². The Labute approximate surface area is 132 Å². The van der Waals surface area contributed by atoms with Crippen LogP contribution in [0.15, 0.2) is 36.4 Å². The molecule has 0 aliphatic rings. The standard InChI is InChI=1S/C18H23ClN2/c1-12-4-7-16(18(19)8-12)11-17(21-20)10-15-6-5-13(2)14(3)9-15/h4-9,17,21H,10-11,20H2,1-3H3. The largest absolute Gasteiger partial charge is 0.271 e. The van der Waals surface area contributed by atoms with E-state index in [1.54, 1.807) is 0 Å². The Hall–Kier alpha value is -1.35. The number of hydrogen-bond donors (Lipinski definition) is 2. The third-order valence-electron chi connectivity index (χ3n) is 3.96. The summed E-state index contributed by atoms with van der Waals surface area (Å²) in [4.78, 5) is 0. The molecule has 21 heavy (non-hydrogen) atoms. The highest BCUT2D eigenvalue weighted by atomic mass is 35.5. The van der Waals surface area contributed by atoms with Gasteiger partial charge in [-0.1, -0.05) is 41.9 Å². The number of aryl methyl sites for hydroxylation is 3. The predicted molar refractivity (Wildman–Crippen MR) is 90.6 cm³/mol. The van der Waals surface area contributed by atoms with Gasteiger partial charge in [-0.15, -0.1) is 0 Å². The monoisotopic (exact) mass is 302 g/mol. The Bertz CT molecular complexity index is 623. The molecule has 0 heterocycles. The molecule has 0 fully saturated rings. The first-order chi connectivity index (χ1) is 9.99. The molecule has 0 aliphatic carbocycles. The molecule has 2 nitrogen and oxygen atoms in total. The fourth-order valence-corrected chi connectivity index (χ4v) is 2.80. The van der Waals surface area contributed by atoms with Gasteiger partial charge in [0.15, 0.2) is 0 Å². The van der Waals surface area contributed by atoms with Crippen LogP contribution in [0.4, 0.5) is 0 Å². The minimum atomic E-state index is 0.173. The van der Waals surface area contributed by atoms with Crippen LogP contribution in [-0.2, 0) is 12.8 Å². The molecule has 3 heteroatoms. The third kappa shape index (κ3) is 4.31. The van der Waals surface area contributed by atoms with E-state index in [0.717, 1.165) is 23.4 Å². The number of hydrazine groups is 1. The number of hydrogen-bond acceptors (Lipinski definition) is 2. The van der Waals surface area contributed by atoms with E-state index in [1.165, 1.54) is 22.3 Å². The average Bonchev–Trinajstić information content (AvgIpc) is 2.44. The van der Waals surface area contributed by atoms with Crippen molar-refractivity contribution in [2.24, 2.45) is 5.84 Å². The van der Waals surface area contributed by atoms with Crippen molar-refractivity contribution in [2.45, 2.75) is 39.7 Å². The molecule has 2 aromatic carbocycles. The summed E-state index contributed by atoms with van der Waals surface area (Å²) in [7, 11) is 0. The zero-order valence-electron chi connectivity index (χ0n) is 12.9. The Morgan fingerprint density at radius 1 is 1.00 bits per heavy atom. The van der Waals surface area contributed by atoms with Crippen LogP contribution in [0.25, 0.3) is 0 Å². The van der Waals surface area contributed by atoms with Crippen molar-refractivity contribution < 1.29 is 0 Å². The SMILES string of the molecule is Cc1ccc(CC(Cc2ccc(C)c(C)c2)NN)c(Cl)c1. The van der Waals surface area contributed by atoms with Crippen molar-refractivity contribution in [1.29, 1.82) is 0 Å². The summed E-state index contributed by atoms with van der Waals surface area (Å²) in [5.74, 6) is 5.72. The molecule has 0 aliphatic heterocycles. The van der Waals surface area contributed by atoms with Crippen molar-refractivity contribution in [3.05, 3.63) is 69.2 Å². The lowest BCUT2D eigenvalue weighted by Crippen LogP contribution is -2.38. The van der Waals surface area contributed by atoms with E-state index in [4.69, 9.17) is 17.4 Å². The number of rotatable bonds is 5. The molecule has 0 saturated heterocycles. The van der Waals surface area contributed by atoms with E-state index >= 15 is 0 Å². The maximum atomic E-state index is 6.31. The lowest BCUT2D eigenvalue weighted by Gasteiger charge is -2.17. The zero-order valence-corrected chi connectivity index (χ0v) is 13.7. The molecule has 0 aromatic heterocycles. The lowest BCUT2D eigenvalue weighted by molar-refractivity contribution is 0.522. The summed E-state index contributed by atoms with van der Waals surface area (Å²) in [6, 6.07) is 12.9. The van der Waals surface area contributed by atoms with Crippen LogP contribution in [-0.4, -0.2) is 6.04 Å². The molecule has 0 amide bonds. The molecular formula is C18H23ClN2. The van der Waals surface area contributed by atoms with Crippen LogP contribution in [0.2, 0.25) is 5.02 Å². The van der Waals surface area contributed by atoms with Crippen LogP contribution in [0, 0.1) is 20.8 Å². The molecule has 2 rings (SSSR count). The number of nitrogens with two attached hydrogens (primary N) is 1. The topological polar surface area (TPSA) is 38.0 Å². The maximum Gasteiger partial charge on any atom is 0.0441 e. The highest BCUT2D eigenvalue weighted by Gasteiger charge is 2.11. The molecular weight excluding hydrogens is 280 g/mol. The van der Waals surface area contributed by atoms with Gasteiger partial charge < -0.3 is 0 Å². The van der Waals surface area contributed by atoms with Crippen LogP contribution in [0.1, 0.15) is 27.8 Å². The van der Waals surface area contributed by atoms with Crippen LogP contribution >= 0.6 is 11.6 Å². The molecule has 1 unspecified atom stereocenters. The molecule has 1 atom stereocenters. The molecule has 0 radical (unpaired) electrons. The molecule has 112 valence electrons. The van der Waals surface area contributed by atoms with Gasteiger partial charge in [0.05, 0.1) is 0 Å². The van der Waals surface area contributed by atoms with E-state index < -0.39 is 0 Å². The first kappa shape index (κ1) is 16.0. The summed E-state index contributed by atoms with van der Waals surface area (Å²) in [5.41, 5.74) is 9.15. The fraction of sp³-hybridized carbons (Fsp3) is 0.333. The normalized spacial score (nSPS) is 12.4. The van der Waals surface area contributed by atoms with Gasteiger partial charge in [-0.05, 0) is 67.5 Å². The predicted octanol–water partition coefficient (Wildman–Crippen LogP) is 3.88. The minimum absolute atomic E-state index is 0.173. The number of halogens is 1. The third-order valence-corrected chi connectivity index (χ3v) is 4.32. The van der Waals surface area contributed by atoms with Crippen LogP contribution in [0.3, 0.4) is 0 Å². The van der Waals surface area contributed by atoms with Gasteiger partial charge >= 0.3 is 0 Å². The summed E-state index contributed by atoms with van der Waals surface area (Å²) >= 11 is 6.31. The number of nitrogens with one attached hydrogen (secondary N) is 1. The smallest absolute Gasteiger partial charge is 0.0441 e. The molecule has 0 bridgehead atoms. The van der Waals surface area contributed by atoms with E-state index in [-0.39, 0.29) is 6.04 Å². The van der Waals surface area contributed by atoms with Crippen molar-refractivity contribution >= 4 is 11.6 Å². The van der Waals surface area contributed by atoms with Gasteiger partial charge in [0.25, 0.3) is 0 Å². The van der Waals surface area contributed by atoms with Gasteiger partial charge in [0.1, 0.15) is 0 Å². The highest BCUT2D eigenvalue weighted by molar-refractivity contribution is 6.31. The quantitative estimate of drug-likeness (QED) is 0.650. The first-order valence-corrected chi connectivity index (χ1v) is 7.64. The maximum absolute atomic E-state index is 6.31. The van der Waals surface area contributed by atoms with E-state index in [1.807, 2.05) is 13.0 Å². The highest BCUT2D eigenvalue weighted by Crippen LogP contribution is 2.20. The number of benzene rings is 2. The molecule has 2 aromatic rings. The summed E-state index contributed by atoms with van der Waals surface area (Å²) in [5, 5.41) is 0.815. The Morgan fingerprint density at radius 2 is 1.76 bits per heavy atom. The lowest BCUT2D eigenvalue weighted by atomic mass is 9.97. The van der Waals surface area contributed by atoms with Crippen molar-refractivity contribution in [2.75, 3.05) is 0 Å². The first-order valence-electron chi connectivity index (χ1n) is 7.27. The van der Waals surface area contributed by atoms with E-state index in [9.17, 15) is 0 Å². The van der Waals surface area contributed by atoms with Gasteiger partial charge in [-0.3, -0.25) is 11.3 Å². The van der Waals surface area contributed by atoms with E-state index in [2.05, 4.69) is 49.6 Å². The Kier molecular flexibility index (Phi) is 5.40. The second kappa shape index (κ2) is 7.08. The van der Waals surface area contributed by atoms with Gasteiger partial charge in [-0.2, -0.15) is 0 Å². The van der Waals surface area contributed by atoms with Gasteiger partial charge in [0, 0.05) is 11.1 Å². The second-order valence-corrected chi connectivity index (χ2v) is 6.19. The Balaban J connectivity index is 2.10. The van der Waals surface area contributed by atoms with Crippen molar-refractivity contribution in [1.82, 2.24) is 5.43 Å². The molecule has 0 spiro atoms. The average molecular weight is 303 g/mol.